The van der Waals surface area contributed by atoms with Crippen LogP contribution in [-0.4, -0.2) is 23.7 Å². The number of carbonyl (C=O) groups excluding carboxylic acids is 1. The van der Waals surface area contributed by atoms with E-state index in [4.69, 9.17) is 9.47 Å². The Kier molecular flexibility index (Phi) is 6.95. The molecule has 0 fully saturated rings. The minimum atomic E-state index is -0.299. The third kappa shape index (κ3) is 5.90. The minimum Gasteiger partial charge on any atom is -0.490 e. The summed E-state index contributed by atoms with van der Waals surface area (Å²) in [6.45, 7) is 4.94. The molecule has 29 heavy (non-hydrogen) atoms. The highest BCUT2D eigenvalue weighted by Gasteiger charge is 2.07. The Hall–Kier alpha value is -3.67. The van der Waals surface area contributed by atoms with Crippen molar-refractivity contribution in [3.63, 3.8) is 0 Å². The van der Waals surface area contributed by atoms with E-state index in [2.05, 4.69) is 34.6 Å². The topological polar surface area (TPSA) is 72.8 Å². The smallest absolute Gasteiger partial charge is 0.271 e. The van der Waals surface area contributed by atoms with Crippen LogP contribution in [-0.2, 0) is 6.61 Å². The highest BCUT2D eigenvalue weighted by atomic mass is 16.5. The molecule has 2 aromatic carbocycles. The molecule has 6 heteroatoms. The van der Waals surface area contributed by atoms with Crippen LogP contribution in [0.5, 0.6) is 11.5 Å². The standard InChI is InChI=1S/C23H23N3O3/c1-3-28-22-14-18(15-25-26-23(27)20-9-11-24-12-10-20)7-8-21(22)29-16-19-6-4-5-17(2)13-19/h4-15H,3,16H2,1-2H3,(H,26,27). The van der Waals surface area contributed by atoms with Crippen molar-refractivity contribution in [2.75, 3.05) is 6.61 Å². The molecular formula is C23H23N3O3. The van der Waals surface area contributed by atoms with Gasteiger partial charge in [-0.3, -0.25) is 9.78 Å². The van der Waals surface area contributed by atoms with Gasteiger partial charge in [-0.2, -0.15) is 5.10 Å². The number of hydrogen-bond donors (Lipinski definition) is 1. The number of hydrogen-bond acceptors (Lipinski definition) is 5. The summed E-state index contributed by atoms with van der Waals surface area (Å²) in [5.41, 5.74) is 6.06. The van der Waals surface area contributed by atoms with Gasteiger partial charge in [0.1, 0.15) is 6.61 Å². The number of aromatic nitrogens is 1. The van der Waals surface area contributed by atoms with Crippen molar-refractivity contribution in [1.29, 1.82) is 0 Å². The number of nitrogens with one attached hydrogen (secondary N) is 1. The maximum Gasteiger partial charge on any atom is 0.271 e. The van der Waals surface area contributed by atoms with Crippen molar-refractivity contribution in [3.05, 3.63) is 89.2 Å². The average molecular weight is 389 g/mol. The second-order valence-electron chi connectivity index (χ2n) is 6.35. The summed E-state index contributed by atoms with van der Waals surface area (Å²) in [5.74, 6) is 0.989. The molecule has 0 spiro atoms. The number of ether oxygens (including phenoxy) is 2. The zero-order chi connectivity index (χ0) is 20.5. The number of rotatable bonds is 8. The molecule has 0 saturated carbocycles. The van der Waals surface area contributed by atoms with Crippen LogP contribution in [0.15, 0.2) is 72.1 Å². The van der Waals surface area contributed by atoms with Crippen molar-refractivity contribution < 1.29 is 14.3 Å². The van der Waals surface area contributed by atoms with Crippen LogP contribution in [0.3, 0.4) is 0 Å². The summed E-state index contributed by atoms with van der Waals surface area (Å²) in [4.78, 5) is 15.9. The first-order valence-electron chi connectivity index (χ1n) is 9.34. The van der Waals surface area contributed by atoms with Crippen LogP contribution in [0, 0.1) is 6.92 Å². The molecule has 0 unspecified atom stereocenters. The molecule has 0 aliphatic rings. The monoisotopic (exact) mass is 389 g/mol. The lowest BCUT2D eigenvalue weighted by Crippen LogP contribution is -2.17. The molecule has 1 amide bonds. The molecule has 0 aliphatic heterocycles. The van der Waals surface area contributed by atoms with Gasteiger partial charge >= 0.3 is 0 Å². The second-order valence-corrected chi connectivity index (χ2v) is 6.35. The second kappa shape index (κ2) is 10.0. The van der Waals surface area contributed by atoms with Crippen LogP contribution < -0.4 is 14.9 Å². The number of aryl methyl sites for hydroxylation is 1. The maximum atomic E-state index is 12.0. The Morgan fingerprint density at radius 3 is 2.66 bits per heavy atom. The molecule has 1 aromatic heterocycles. The molecule has 6 nitrogen and oxygen atoms in total. The SMILES string of the molecule is CCOc1cc(C=NNC(=O)c2ccncc2)ccc1OCc1cccc(C)c1. The molecule has 0 aliphatic carbocycles. The third-order valence-corrected chi connectivity index (χ3v) is 4.07. The van der Waals surface area contributed by atoms with Gasteiger partial charge in [0, 0.05) is 18.0 Å². The van der Waals surface area contributed by atoms with E-state index in [1.807, 2.05) is 37.3 Å². The number of pyridine rings is 1. The number of benzene rings is 2. The van der Waals surface area contributed by atoms with Crippen LogP contribution in [0.4, 0.5) is 0 Å². The maximum absolute atomic E-state index is 12.0. The molecule has 1 heterocycles. The summed E-state index contributed by atoms with van der Waals surface area (Å²) in [6.07, 6.45) is 4.68. The van der Waals surface area contributed by atoms with E-state index in [0.717, 1.165) is 11.1 Å². The molecule has 1 N–H and O–H groups in total. The normalized spacial score (nSPS) is 10.7. The molecule has 0 radical (unpaired) electrons. The van der Waals surface area contributed by atoms with Gasteiger partial charge in [-0.25, -0.2) is 5.43 Å². The predicted molar refractivity (Wildman–Crippen MR) is 112 cm³/mol. The van der Waals surface area contributed by atoms with Gasteiger partial charge in [0.2, 0.25) is 0 Å². The number of hydrazone groups is 1. The number of nitrogens with zero attached hydrogens (tertiary/aromatic N) is 2. The van der Waals surface area contributed by atoms with Crippen molar-refractivity contribution in [2.24, 2.45) is 5.10 Å². The van der Waals surface area contributed by atoms with Gasteiger partial charge in [0.25, 0.3) is 5.91 Å². The largest absolute Gasteiger partial charge is 0.490 e. The van der Waals surface area contributed by atoms with Crippen molar-refractivity contribution in [3.8, 4) is 11.5 Å². The zero-order valence-electron chi connectivity index (χ0n) is 16.5. The van der Waals surface area contributed by atoms with E-state index < -0.39 is 0 Å². The quantitative estimate of drug-likeness (QED) is 0.464. The summed E-state index contributed by atoms with van der Waals surface area (Å²) in [6, 6.07) is 17.0. The summed E-state index contributed by atoms with van der Waals surface area (Å²) in [5, 5.41) is 4.01. The van der Waals surface area contributed by atoms with Gasteiger partial charge < -0.3 is 9.47 Å². The lowest BCUT2D eigenvalue weighted by atomic mass is 10.1. The zero-order valence-corrected chi connectivity index (χ0v) is 16.5. The molecular weight excluding hydrogens is 366 g/mol. The average Bonchev–Trinajstić information content (AvgIpc) is 2.74. The molecule has 0 saturated heterocycles. The Balaban J connectivity index is 1.66. The predicted octanol–water partition coefficient (Wildman–Crippen LogP) is 4.13. The molecule has 3 rings (SSSR count). The Morgan fingerprint density at radius 1 is 1.07 bits per heavy atom. The van der Waals surface area contributed by atoms with E-state index >= 15 is 0 Å². The van der Waals surface area contributed by atoms with Crippen molar-refractivity contribution >= 4 is 12.1 Å². The van der Waals surface area contributed by atoms with Gasteiger partial charge in [0.15, 0.2) is 11.5 Å². The Labute approximate surface area is 170 Å². The van der Waals surface area contributed by atoms with Gasteiger partial charge in [0.05, 0.1) is 12.8 Å². The highest BCUT2D eigenvalue weighted by molar-refractivity contribution is 5.94. The first-order valence-corrected chi connectivity index (χ1v) is 9.34. The van der Waals surface area contributed by atoms with Gasteiger partial charge in [-0.1, -0.05) is 29.8 Å². The van der Waals surface area contributed by atoms with E-state index in [-0.39, 0.29) is 5.91 Å². The summed E-state index contributed by atoms with van der Waals surface area (Å²) >= 11 is 0. The van der Waals surface area contributed by atoms with Crippen LogP contribution in [0.25, 0.3) is 0 Å². The van der Waals surface area contributed by atoms with Gasteiger partial charge in [-0.05, 0) is 55.3 Å². The first kappa shape index (κ1) is 20.1. The van der Waals surface area contributed by atoms with E-state index in [1.54, 1.807) is 30.7 Å². The Morgan fingerprint density at radius 2 is 1.90 bits per heavy atom. The fourth-order valence-corrected chi connectivity index (χ4v) is 2.69. The van der Waals surface area contributed by atoms with Gasteiger partial charge in [-0.15, -0.1) is 0 Å². The fourth-order valence-electron chi connectivity index (χ4n) is 2.69. The minimum absolute atomic E-state index is 0.299. The Bertz CT molecular complexity index is 988. The third-order valence-electron chi connectivity index (χ3n) is 4.07. The van der Waals surface area contributed by atoms with Crippen LogP contribution in [0.1, 0.15) is 34.0 Å². The lowest BCUT2D eigenvalue weighted by Gasteiger charge is -2.13. The summed E-state index contributed by atoms with van der Waals surface area (Å²) < 4.78 is 11.6. The van der Waals surface area contributed by atoms with Crippen molar-refractivity contribution in [1.82, 2.24) is 10.4 Å². The fraction of sp³-hybridized carbons (Fsp3) is 0.174. The van der Waals surface area contributed by atoms with E-state index in [0.29, 0.717) is 30.3 Å². The molecule has 0 bridgehead atoms. The number of carbonyl (C=O) groups is 1. The summed E-state index contributed by atoms with van der Waals surface area (Å²) in [7, 11) is 0. The first-order chi connectivity index (χ1) is 14.2. The van der Waals surface area contributed by atoms with Crippen molar-refractivity contribution in [2.45, 2.75) is 20.5 Å². The van der Waals surface area contributed by atoms with Crippen LogP contribution in [0.2, 0.25) is 0 Å². The van der Waals surface area contributed by atoms with E-state index in [1.165, 1.54) is 5.56 Å². The molecule has 148 valence electrons. The lowest BCUT2D eigenvalue weighted by molar-refractivity contribution is 0.0955. The molecule has 0 atom stereocenters. The molecule has 3 aromatic rings. The van der Waals surface area contributed by atoms with E-state index in [9.17, 15) is 4.79 Å². The highest BCUT2D eigenvalue weighted by Crippen LogP contribution is 2.29. The van der Waals surface area contributed by atoms with Crippen LogP contribution >= 0.6 is 0 Å². The number of amides is 1.